The van der Waals surface area contributed by atoms with E-state index in [0.29, 0.717) is 16.1 Å². The van der Waals surface area contributed by atoms with Gasteiger partial charge in [-0.05, 0) is 44.0 Å². The summed E-state index contributed by atoms with van der Waals surface area (Å²) < 4.78 is 18.5. The third-order valence-electron chi connectivity index (χ3n) is 4.47. The number of thiophene rings is 1. The number of hydrogen-bond donors (Lipinski definition) is 2. The molecule has 0 radical (unpaired) electrons. The summed E-state index contributed by atoms with van der Waals surface area (Å²) >= 11 is 1.28. The van der Waals surface area contributed by atoms with Gasteiger partial charge < -0.3 is 15.4 Å². The van der Waals surface area contributed by atoms with Crippen molar-refractivity contribution < 1.29 is 23.5 Å². The number of carbonyl (C=O) groups is 3. The average Bonchev–Trinajstić information content (AvgIpc) is 2.87. The van der Waals surface area contributed by atoms with Crippen molar-refractivity contribution >= 4 is 39.8 Å². The Morgan fingerprint density at radius 1 is 1.37 bits per heavy atom. The molecular weight excluding hydrogens is 371 g/mol. The molecule has 1 unspecified atom stereocenters. The van der Waals surface area contributed by atoms with Gasteiger partial charge in [0.15, 0.2) is 0 Å². The Bertz CT molecular complexity index is 938. The van der Waals surface area contributed by atoms with Crippen LogP contribution in [-0.2, 0) is 14.3 Å². The minimum Gasteiger partial charge on any atom is -0.462 e. The van der Waals surface area contributed by atoms with Crippen LogP contribution in [0.1, 0.15) is 45.6 Å². The maximum Gasteiger partial charge on any atom is 0.341 e. The smallest absolute Gasteiger partial charge is 0.341 e. The molecule has 27 heavy (non-hydrogen) atoms. The lowest BCUT2D eigenvalue weighted by Crippen LogP contribution is -2.31. The van der Waals surface area contributed by atoms with Crippen LogP contribution in [0.25, 0.3) is 0 Å². The Balaban J connectivity index is 1.92. The summed E-state index contributed by atoms with van der Waals surface area (Å²) in [6.07, 6.45) is -0.0530. The molecule has 1 aromatic carbocycles. The Morgan fingerprint density at radius 3 is 2.81 bits per heavy atom. The molecule has 142 valence electrons. The van der Waals surface area contributed by atoms with Gasteiger partial charge >= 0.3 is 5.97 Å². The number of hydrogen-bond acceptors (Lipinski definition) is 5. The van der Waals surface area contributed by atoms with Gasteiger partial charge in [0, 0.05) is 17.0 Å². The lowest BCUT2D eigenvalue weighted by Gasteiger charge is -2.24. The summed E-state index contributed by atoms with van der Waals surface area (Å²) in [5.41, 5.74) is 1.90. The van der Waals surface area contributed by atoms with Gasteiger partial charge in [-0.15, -0.1) is 11.3 Å². The highest BCUT2D eigenvalue weighted by atomic mass is 32.1. The fourth-order valence-corrected chi connectivity index (χ4v) is 4.09. The standard InChI is InChI=1S/C19H19FN2O4S/c1-4-26-19(25)16-9(2)10(3)27-18(16)22-17(24)13-8-15(23)21-14-7-11(20)5-6-12(13)14/h5-7,13H,4,8H2,1-3H3,(H,21,23)(H,22,24). The SMILES string of the molecule is CCOC(=O)c1c(NC(=O)C2CC(=O)Nc3cc(F)ccc32)sc(C)c1C. The molecule has 1 atom stereocenters. The molecule has 0 bridgehead atoms. The summed E-state index contributed by atoms with van der Waals surface area (Å²) in [5.74, 6) is -2.56. The molecule has 8 heteroatoms. The van der Waals surface area contributed by atoms with Crippen molar-refractivity contribution in [1.29, 1.82) is 0 Å². The Hall–Kier alpha value is -2.74. The van der Waals surface area contributed by atoms with Crippen molar-refractivity contribution in [3.8, 4) is 0 Å². The van der Waals surface area contributed by atoms with Gasteiger partial charge in [0.2, 0.25) is 11.8 Å². The van der Waals surface area contributed by atoms with E-state index in [1.54, 1.807) is 13.8 Å². The number of aryl methyl sites for hydroxylation is 1. The molecule has 1 aromatic heterocycles. The van der Waals surface area contributed by atoms with Crippen molar-refractivity contribution in [2.24, 2.45) is 0 Å². The first-order chi connectivity index (χ1) is 12.8. The molecular formula is C19H19FN2O4S. The van der Waals surface area contributed by atoms with Gasteiger partial charge in [-0.2, -0.15) is 0 Å². The summed E-state index contributed by atoms with van der Waals surface area (Å²) in [7, 11) is 0. The van der Waals surface area contributed by atoms with Crippen molar-refractivity contribution in [1.82, 2.24) is 0 Å². The second kappa shape index (κ2) is 7.48. The lowest BCUT2D eigenvalue weighted by molar-refractivity contribution is -0.123. The third-order valence-corrected chi connectivity index (χ3v) is 5.60. The molecule has 0 aliphatic carbocycles. The molecule has 1 aliphatic heterocycles. The molecule has 2 aromatic rings. The predicted molar refractivity (Wildman–Crippen MR) is 101 cm³/mol. The van der Waals surface area contributed by atoms with Gasteiger partial charge in [0.05, 0.1) is 18.1 Å². The number of fused-ring (bicyclic) bond motifs is 1. The van der Waals surface area contributed by atoms with Crippen molar-refractivity contribution in [3.63, 3.8) is 0 Å². The van der Waals surface area contributed by atoms with Crippen LogP contribution >= 0.6 is 11.3 Å². The number of ether oxygens (including phenoxy) is 1. The predicted octanol–water partition coefficient (Wildman–Crippen LogP) is 3.75. The number of benzene rings is 1. The average molecular weight is 390 g/mol. The largest absolute Gasteiger partial charge is 0.462 e. The molecule has 0 spiro atoms. The molecule has 1 aliphatic rings. The van der Waals surface area contributed by atoms with Gasteiger partial charge in [-0.1, -0.05) is 6.07 Å². The van der Waals surface area contributed by atoms with E-state index in [1.807, 2.05) is 6.92 Å². The van der Waals surface area contributed by atoms with E-state index in [9.17, 15) is 18.8 Å². The second-order valence-electron chi connectivity index (χ2n) is 6.23. The Labute approximate surface area is 159 Å². The van der Waals surface area contributed by atoms with Gasteiger partial charge in [-0.25, -0.2) is 9.18 Å². The summed E-state index contributed by atoms with van der Waals surface area (Å²) in [5, 5.41) is 5.73. The van der Waals surface area contributed by atoms with Crippen LogP contribution in [0.3, 0.4) is 0 Å². The van der Waals surface area contributed by atoms with E-state index >= 15 is 0 Å². The van der Waals surface area contributed by atoms with E-state index in [2.05, 4.69) is 10.6 Å². The van der Waals surface area contributed by atoms with Gasteiger partial charge in [0.1, 0.15) is 10.8 Å². The number of halogens is 1. The van der Waals surface area contributed by atoms with Crippen LogP contribution in [-0.4, -0.2) is 24.4 Å². The first kappa shape index (κ1) is 19.0. The van der Waals surface area contributed by atoms with Crippen LogP contribution in [0.4, 0.5) is 15.1 Å². The van der Waals surface area contributed by atoms with Crippen molar-refractivity contribution in [3.05, 3.63) is 45.6 Å². The van der Waals surface area contributed by atoms with Crippen LogP contribution < -0.4 is 10.6 Å². The van der Waals surface area contributed by atoms with Crippen LogP contribution in [0.2, 0.25) is 0 Å². The molecule has 0 fully saturated rings. The number of nitrogens with one attached hydrogen (secondary N) is 2. The number of anilines is 2. The molecule has 0 saturated carbocycles. The molecule has 3 rings (SSSR count). The number of rotatable bonds is 4. The summed E-state index contributed by atoms with van der Waals surface area (Å²) in [4.78, 5) is 38.0. The fraction of sp³-hybridized carbons (Fsp3) is 0.316. The zero-order valence-electron chi connectivity index (χ0n) is 15.1. The number of esters is 1. The van der Waals surface area contributed by atoms with Crippen LogP contribution in [0.5, 0.6) is 0 Å². The zero-order chi connectivity index (χ0) is 19.7. The molecule has 2 N–H and O–H groups in total. The normalized spacial score (nSPS) is 15.7. The molecule has 6 nitrogen and oxygen atoms in total. The summed E-state index contributed by atoms with van der Waals surface area (Å²) in [6.45, 7) is 5.58. The number of carbonyl (C=O) groups excluding carboxylic acids is 3. The van der Waals surface area contributed by atoms with E-state index in [1.165, 1.54) is 29.5 Å². The quantitative estimate of drug-likeness (QED) is 0.779. The highest BCUT2D eigenvalue weighted by Gasteiger charge is 2.32. The maximum absolute atomic E-state index is 13.5. The van der Waals surface area contributed by atoms with Crippen LogP contribution in [0, 0.1) is 19.7 Å². The summed E-state index contributed by atoms with van der Waals surface area (Å²) in [6, 6.07) is 3.93. The topological polar surface area (TPSA) is 84.5 Å². The zero-order valence-corrected chi connectivity index (χ0v) is 16.0. The second-order valence-corrected chi connectivity index (χ2v) is 7.46. The van der Waals surface area contributed by atoms with Gasteiger partial charge in [0.25, 0.3) is 0 Å². The Morgan fingerprint density at radius 2 is 2.11 bits per heavy atom. The highest BCUT2D eigenvalue weighted by Crippen LogP contribution is 2.37. The van der Waals surface area contributed by atoms with Gasteiger partial charge in [-0.3, -0.25) is 9.59 Å². The maximum atomic E-state index is 13.5. The minimum atomic E-state index is -0.771. The highest BCUT2D eigenvalue weighted by molar-refractivity contribution is 7.16. The minimum absolute atomic E-state index is 0.0530. The van der Waals surface area contributed by atoms with Crippen LogP contribution in [0.15, 0.2) is 18.2 Å². The van der Waals surface area contributed by atoms with Crippen molar-refractivity contribution in [2.45, 2.75) is 33.1 Å². The van der Waals surface area contributed by atoms with E-state index in [0.717, 1.165) is 10.4 Å². The third kappa shape index (κ3) is 3.71. The molecule has 2 heterocycles. The number of amides is 2. The van der Waals surface area contributed by atoms with E-state index in [-0.39, 0.29) is 24.6 Å². The van der Waals surface area contributed by atoms with E-state index < -0.39 is 23.6 Å². The molecule has 2 amide bonds. The lowest BCUT2D eigenvalue weighted by atomic mass is 9.89. The Kier molecular flexibility index (Phi) is 5.27. The molecule has 0 saturated heterocycles. The monoisotopic (exact) mass is 390 g/mol. The fourth-order valence-electron chi connectivity index (χ4n) is 3.03. The first-order valence-electron chi connectivity index (χ1n) is 8.49. The van der Waals surface area contributed by atoms with Crippen molar-refractivity contribution in [2.75, 3.05) is 17.2 Å². The van der Waals surface area contributed by atoms with E-state index in [4.69, 9.17) is 4.74 Å². The first-order valence-corrected chi connectivity index (χ1v) is 9.30.